The van der Waals surface area contributed by atoms with Crippen LogP contribution in [-0.2, 0) is 14.5 Å². The Morgan fingerprint density at radius 3 is 1.61 bits per heavy atom. The number of hydrogen-bond acceptors (Lipinski definition) is 4. The van der Waals surface area contributed by atoms with E-state index in [-0.39, 0.29) is 38.7 Å². The molecule has 0 amide bonds. The molecule has 0 aromatic rings. The molecule has 0 saturated heterocycles. The molecule has 0 aliphatic rings. The van der Waals surface area contributed by atoms with E-state index in [9.17, 15) is 9.59 Å². The monoisotopic (exact) mass is 272 g/mol. The molecule has 0 aliphatic carbocycles. The second-order valence-corrected chi connectivity index (χ2v) is 4.19. The number of aliphatic carboxylic acids is 1. The molecule has 0 aromatic heterocycles. The summed E-state index contributed by atoms with van der Waals surface area (Å²) in [5, 5.41) is 16.4. The Hall–Kier alpha value is -0.334. The minimum Gasteiger partial charge on any atom is -1.00 e. The van der Waals surface area contributed by atoms with Gasteiger partial charge in [-0.25, -0.2) is 4.79 Å². The van der Waals surface area contributed by atoms with Crippen LogP contribution in [0.25, 0.3) is 0 Å². The van der Waals surface area contributed by atoms with Crippen molar-refractivity contribution in [1.82, 2.24) is 0 Å². The Morgan fingerprint density at radius 1 is 0.833 bits per heavy atom. The molecule has 0 atom stereocenters. The van der Waals surface area contributed by atoms with Crippen LogP contribution in [0.1, 0.15) is 67.1 Å². The van der Waals surface area contributed by atoms with Crippen molar-refractivity contribution < 1.29 is 27.7 Å². The maximum Gasteiger partial charge on any atom is 2.00 e. The molecule has 0 aliphatic heterocycles. The van der Waals surface area contributed by atoms with Crippen LogP contribution in [0.3, 0.4) is 0 Å². The molecule has 2 N–H and O–H groups in total. The summed E-state index contributed by atoms with van der Waals surface area (Å²) in [6.45, 7) is 0. The summed E-state index contributed by atoms with van der Waals surface area (Å²) < 4.78 is 0. The summed E-state index contributed by atoms with van der Waals surface area (Å²) in [6, 6.07) is 0. The van der Waals surface area contributed by atoms with Crippen LogP contribution in [-0.4, -0.2) is 45.4 Å². The van der Waals surface area contributed by atoms with Gasteiger partial charge in [-0.3, -0.25) is 4.79 Å². The van der Waals surface area contributed by atoms with Crippen LogP contribution in [0.4, 0.5) is 0 Å². The van der Waals surface area contributed by atoms with Crippen molar-refractivity contribution in [3.8, 4) is 0 Å². The molecule has 5 nitrogen and oxygen atoms in total. The average molecular weight is 273 g/mol. The van der Waals surface area contributed by atoms with E-state index in [4.69, 9.17) is 10.4 Å². The first-order valence-electron chi connectivity index (χ1n) is 6.23. The number of rotatable bonds is 11. The molecule has 104 valence electrons. The number of carbonyl (C=O) groups is 2. The SMILES string of the molecule is O=C(O)CCCCCCCCCCC(=O)OO.[H-].[H-].[Mg+2]. The molecule has 18 heavy (non-hydrogen) atoms. The van der Waals surface area contributed by atoms with Gasteiger partial charge in [0.05, 0.1) is 0 Å². The summed E-state index contributed by atoms with van der Waals surface area (Å²) >= 11 is 0. The Morgan fingerprint density at radius 2 is 1.22 bits per heavy atom. The Kier molecular flexibility index (Phi) is 16.4. The molecule has 6 heteroatoms. The van der Waals surface area contributed by atoms with Crippen molar-refractivity contribution in [1.29, 1.82) is 0 Å². The van der Waals surface area contributed by atoms with Crippen LogP contribution in [0.2, 0.25) is 0 Å². The normalized spacial score (nSPS) is 9.61. The van der Waals surface area contributed by atoms with Crippen molar-refractivity contribution in [3.63, 3.8) is 0 Å². The molecule has 0 bridgehead atoms. The first kappa shape index (κ1) is 20.0. The number of unbranched alkanes of at least 4 members (excludes halogenated alkanes) is 7. The number of carboxylic acid groups (broad SMARTS) is 1. The largest absolute Gasteiger partial charge is 2.00 e. The van der Waals surface area contributed by atoms with Crippen LogP contribution >= 0.6 is 0 Å². The van der Waals surface area contributed by atoms with E-state index < -0.39 is 11.9 Å². The minimum absolute atomic E-state index is 0. The topological polar surface area (TPSA) is 83.8 Å². The third-order valence-electron chi connectivity index (χ3n) is 2.62. The standard InChI is InChI=1S/C12H22O5.Mg.2H/c13-11(14)9-7-5-3-1-2-4-6-8-10-12(15)17-16;;;/h16H,1-10H2,(H,13,14);;;/q;+2;2*-1. The van der Waals surface area contributed by atoms with Gasteiger partial charge in [0.2, 0.25) is 0 Å². The molecule has 0 unspecified atom stereocenters. The van der Waals surface area contributed by atoms with Crippen molar-refractivity contribution in [2.24, 2.45) is 0 Å². The fraction of sp³-hybridized carbons (Fsp3) is 0.833. The average Bonchev–Trinajstić information content (AvgIpc) is 2.30. The Bertz CT molecular complexity index is 230. The third kappa shape index (κ3) is 15.7. The molecule has 0 rings (SSSR count). The molecule has 0 radical (unpaired) electrons. The van der Waals surface area contributed by atoms with Crippen molar-refractivity contribution in [3.05, 3.63) is 0 Å². The first-order chi connectivity index (χ1) is 8.16. The molecule has 0 fully saturated rings. The quantitative estimate of drug-likeness (QED) is 0.261. The Balaban J connectivity index is -0.000000427. The number of hydrogen-bond donors (Lipinski definition) is 2. The predicted octanol–water partition coefficient (Wildman–Crippen LogP) is 2.83. The van der Waals surface area contributed by atoms with Crippen LogP contribution in [0.15, 0.2) is 0 Å². The molecule has 0 spiro atoms. The zero-order valence-corrected chi connectivity index (χ0v) is 12.3. The fourth-order valence-corrected chi connectivity index (χ4v) is 1.65. The molecule has 0 saturated carbocycles. The van der Waals surface area contributed by atoms with Crippen LogP contribution in [0.5, 0.6) is 0 Å². The van der Waals surface area contributed by atoms with Gasteiger partial charge in [-0.1, -0.05) is 38.5 Å². The number of carbonyl (C=O) groups excluding carboxylic acids is 1. The summed E-state index contributed by atoms with van der Waals surface area (Å²) in [5.74, 6) is -1.29. The summed E-state index contributed by atoms with van der Waals surface area (Å²) in [5.41, 5.74) is 0. The minimum atomic E-state index is -0.722. The van der Waals surface area contributed by atoms with Gasteiger partial charge in [-0.15, -0.1) is 0 Å². The van der Waals surface area contributed by atoms with Crippen molar-refractivity contribution >= 4 is 35.0 Å². The summed E-state index contributed by atoms with van der Waals surface area (Å²) in [6.07, 6.45) is 8.36. The van der Waals surface area contributed by atoms with Gasteiger partial charge in [0.25, 0.3) is 0 Å². The van der Waals surface area contributed by atoms with E-state index in [0.717, 1.165) is 51.4 Å². The van der Waals surface area contributed by atoms with Crippen molar-refractivity contribution in [2.75, 3.05) is 0 Å². The molecule has 0 aromatic carbocycles. The van der Waals surface area contributed by atoms with Crippen molar-refractivity contribution in [2.45, 2.75) is 64.2 Å². The molecule has 0 heterocycles. The van der Waals surface area contributed by atoms with Gasteiger partial charge < -0.3 is 12.8 Å². The van der Waals surface area contributed by atoms with Gasteiger partial charge in [-0.05, 0) is 12.8 Å². The maximum absolute atomic E-state index is 10.6. The van der Waals surface area contributed by atoms with E-state index in [1.54, 1.807) is 0 Å². The zero-order chi connectivity index (χ0) is 12.9. The van der Waals surface area contributed by atoms with Crippen LogP contribution < -0.4 is 0 Å². The summed E-state index contributed by atoms with van der Waals surface area (Å²) in [7, 11) is 0. The predicted molar refractivity (Wildman–Crippen MR) is 70.5 cm³/mol. The fourth-order valence-electron chi connectivity index (χ4n) is 1.65. The van der Waals surface area contributed by atoms with Gasteiger partial charge in [0.15, 0.2) is 0 Å². The summed E-state index contributed by atoms with van der Waals surface area (Å²) in [4.78, 5) is 24.3. The maximum atomic E-state index is 10.6. The van der Waals surface area contributed by atoms with E-state index in [0.29, 0.717) is 0 Å². The third-order valence-corrected chi connectivity index (χ3v) is 2.62. The van der Waals surface area contributed by atoms with E-state index >= 15 is 0 Å². The van der Waals surface area contributed by atoms with Gasteiger partial charge in [0.1, 0.15) is 0 Å². The first-order valence-corrected chi connectivity index (χ1v) is 6.23. The van der Waals surface area contributed by atoms with Crippen LogP contribution in [0, 0.1) is 0 Å². The zero-order valence-electron chi connectivity index (χ0n) is 12.9. The smallest absolute Gasteiger partial charge is 1.00 e. The van der Waals surface area contributed by atoms with E-state index in [1.165, 1.54) is 0 Å². The number of carboxylic acids is 1. The Labute approximate surface area is 127 Å². The van der Waals surface area contributed by atoms with Gasteiger partial charge in [-0.2, -0.15) is 5.26 Å². The molecular formula is C12H24MgO5. The second-order valence-electron chi connectivity index (χ2n) is 4.19. The van der Waals surface area contributed by atoms with Gasteiger partial charge in [0, 0.05) is 12.8 Å². The van der Waals surface area contributed by atoms with Gasteiger partial charge >= 0.3 is 35.0 Å². The molecular weight excluding hydrogens is 248 g/mol. The van der Waals surface area contributed by atoms with E-state index in [2.05, 4.69) is 4.89 Å². The van der Waals surface area contributed by atoms with E-state index in [1.807, 2.05) is 0 Å². The second kappa shape index (κ2) is 14.7.